The van der Waals surface area contributed by atoms with Crippen LogP contribution in [0.1, 0.15) is 18.9 Å². The molecular weight excluding hydrogens is 234 g/mol. The zero-order chi connectivity index (χ0) is 11.8. The van der Waals surface area contributed by atoms with Gasteiger partial charge in [-0.1, -0.05) is 24.3 Å². The predicted molar refractivity (Wildman–Crippen MR) is 69.1 cm³/mol. The summed E-state index contributed by atoms with van der Waals surface area (Å²) in [6.07, 6.45) is 10.1. The number of fused-ring (bicyclic) bond motifs is 1. The number of allylic oxidation sites excluding steroid dienone is 3. The van der Waals surface area contributed by atoms with Crippen LogP contribution in [0.3, 0.4) is 0 Å². The Balaban J connectivity index is 2.09. The third-order valence-corrected chi connectivity index (χ3v) is 3.36. The van der Waals surface area contributed by atoms with E-state index < -0.39 is 0 Å². The zero-order valence-corrected chi connectivity index (χ0v) is 10.1. The maximum Gasteiger partial charge on any atom is 0.224 e. The van der Waals surface area contributed by atoms with Gasteiger partial charge in [-0.15, -0.1) is 0 Å². The highest BCUT2D eigenvalue weighted by atomic mass is 35.5. The fourth-order valence-electron chi connectivity index (χ4n) is 2.30. The van der Waals surface area contributed by atoms with Gasteiger partial charge in [0.15, 0.2) is 0 Å². The quantitative estimate of drug-likeness (QED) is 0.758. The summed E-state index contributed by atoms with van der Waals surface area (Å²) in [6, 6.07) is 2.37. The van der Waals surface area contributed by atoms with Crippen molar-refractivity contribution in [3.63, 3.8) is 0 Å². The van der Waals surface area contributed by atoms with E-state index in [0.717, 1.165) is 23.9 Å². The molecule has 0 saturated heterocycles. The van der Waals surface area contributed by atoms with Gasteiger partial charge in [0, 0.05) is 17.8 Å². The Bertz CT molecular complexity index is 612. The summed E-state index contributed by atoms with van der Waals surface area (Å²) < 4.78 is 2.15. The highest BCUT2D eigenvalue weighted by Gasteiger charge is 2.17. The molecule has 2 heterocycles. The first-order chi connectivity index (χ1) is 8.28. The van der Waals surface area contributed by atoms with E-state index >= 15 is 0 Å². The Hall–Kier alpha value is -1.61. The van der Waals surface area contributed by atoms with Gasteiger partial charge in [0.05, 0.1) is 6.04 Å². The van der Waals surface area contributed by atoms with Gasteiger partial charge in [-0.05, 0) is 30.5 Å². The van der Waals surface area contributed by atoms with E-state index in [-0.39, 0.29) is 0 Å². The van der Waals surface area contributed by atoms with Crippen LogP contribution in [0, 0.1) is 0 Å². The average molecular weight is 246 g/mol. The highest BCUT2D eigenvalue weighted by Crippen LogP contribution is 2.31. The van der Waals surface area contributed by atoms with Gasteiger partial charge in [-0.3, -0.25) is 0 Å². The second kappa shape index (κ2) is 4.00. The van der Waals surface area contributed by atoms with Crippen LogP contribution in [-0.2, 0) is 0 Å². The van der Waals surface area contributed by atoms with Crippen molar-refractivity contribution in [1.29, 1.82) is 0 Å². The van der Waals surface area contributed by atoms with E-state index in [1.807, 2.05) is 18.3 Å². The molecule has 0 N–H and O–H groups in total. The molecule has 0 aliphatic heterocycles. The molecule has 1 aliphatic carbocycles. The molecule has 3 rings (SSSR count). The fourth-order valence-corrected chi connectivity index (χ4v) is 2.43. The summed E-state index contributed by atoms with van der Waals surface area (Å²) in [4.78, 5) is 8.28. The lowest BCUT2D eigenvalue weighted by Crippen LogP contribution is -2.03. The maximum atomic E-state index is 5.84. The second-order valence-corrected chi connectivity index (χ2v) is 4.53. The monoisotopic (exact) mass is 245 g/mol. The van der Waals surface area contributed by atoms with Crippen LogP contribution in [0.15, 0.2) is 42.8 Å². The molecule has 0 aromatic carbocycles. The lowest BCUT2D eigenvalue weighted by Gasteiger charge is -2.10. The number of hydrogen-bond donors (Lipinski definition) is 0. The molecule has 1 atom stereocenters. The van der Waals surface area contributed by atoms with Crippen molar-refractivity contribution < 1.29 is 0 Å². The summed E-state index contributed by atoms with van der Waals surface area (Å²) in [5, 5.41) is 1.32. The lowest BCUT2D eigenvalue weighted by atomic mass is 10.2. The molecule has 0 radical (unpaired) electrons. The first kappa shape index (κ1) is 10.5. The molecule has 1 unspecified atom stereocenters. The molecule has 4 heteroatoms. The fraction of sp³-hybridized carbons (Fsp3) is 0.231. The van der Waals surface area contributed by atoms with Crippen molar-refractivity contribution in [2.24, 2.45) is 0 Å². The van der Waals surface area contributed by atoms with Crippen molar-refractivity contribution in [2.45, 2.75) is 18.9 Å². The first-order valence-electron chi connectivity index (χ1n) is 5.60. The van der Waals surface area contributed by atoms with Crippen molar-refractivity contribution in [1.82, 2.24) is 14.5 Å². The molecular formula is C13H12ClN3. The largest absolute Gasteiger partial charge is 0.325 e. The summed E-state index contributed by atoms with van der Waals surface area (Å²) in [5.41, 5.74) is 2.20. The normalized spacial score (nSPS) is 19.6. The third-order valence-electron chi connectivity index (χ3n) is 3.18. The number of aromatic nitrogens is 3. The van der Waals surface area contributed by atoms with Crippen LogP contribution >= 0.6 is 11.6 Å². The Morgan fingerprint density at radius 2 is 2.41 bits per heavy atom. The van der Waals surface area contributed by atoms with Gasteiger partial charge < -0.3 is 4.57 Å². The Morgan fingerprint density at radius 3 is 3.18 bits per heavy atom. The molecule has 86 valence electrons. The van der Waals surface area contributed by atoms with Crippen LogP contribution in [0.25, 0.3) is 11.0 Å². The van der Waals surface area contributed by atoms with Gasteiger partial charge in [0.25, 0.3) is 0 Å². The van der Waals surface area contributed by atoms with Crippen molar-refractivity contribution in [3.8, 4) is 0 Å². The lowest BCUT2D eigenvalue weighted by molar-refractivity contribution is 0.605. The molecule has 2 aromatic heterocycles. The molecule has 0 spiro atoms. The summed E-state index contributed by atoms with van der Waals surface area (Å²) in [5.74, 6) is 0. The minimum Gasteiger partial charge on any atom is -0.325 e. The number of rotatable bonds is 2. The van der Waals surface area contributed by atoms with Crippen molar-refractivity contribution in [3.05, 3.63) is 48.0 Å². The second-order valence-electron chi connectivity index (χ2n) is 4.19. The molecule has 0 amide bonds. The molecule has 2 aromatic rings. The van der Waals surface area contributed by atoms with Crippen LogP contribution in [0.2, 0.25) is 5.28 Å². The molecule has 1 aliphatic rings. The van der Waals surface area contributed by atoms with Gasteiger partial charge in [0.1, 0.15) is 5.65 Å². The van der Waals surface area contributed by atoms with Crippen LogP contribution < -0.4 is 0 Å². The van der Waals surface area contributed by atoms with E-state index in [0.29, 0.717) is 11.3 Å². The Morgan fingerprint density at radius 1 is 1.53 bits per heavy atom. The third kappa shape index (κ3) is 1.76. The molecule has 17 heavy (non-hydrogen) atoms. The molecule has 0 bridgehead atoms. The van der Waals surface area contributed by atoms with Crippen LogP contribution in [-0.4, -0.2) is 14.5 Å². The minimum absolute atomic E-state index is 0.295. The van der Waals surface area contributed by atoms with Crippen LogP contribution in [0.4, 0.5) is 0 Å². The number of halogens is 1. The smallest absolute Gasteiger partial charge is 0.224 e. The standard InChI is InChI=1S/C13H12ClN3/c1-2-9-3-4-11(7-9)17-6-5-10-8-15-13(14)16-12(10)17/h2,5-8,11H,1,3-4H2. The van der Waals surface area contributed by atoms with Gasteiger partial charge in [-0.2, -0.15) is 4.98 Å². The van der Waals surface area contributed by atoms with Crippen LogP contribution in [0.5, 0.6) is 0 Å². The zero-order valence-electron chi connectivity index (χ0n) is 9.31. The topological polar surface area (TPSA) is 30.7 Å². The summed E-state index contributed by atoms with van der Waals surface area (Å²) in [6.45, 7) is 3.81. The van der Waals surface area contributed by atoms with E-state index in [9.17, 15) is 0 Å². The van der Waals surface area contributed by atoms with Gasteiger partial charge >= 0.3 is 0 Å². The minimum atomic E-state index is 0.295. The molecule has 0 saturated carbocycles. The Labute approximate surface area is 104 Å². The van der Waals surface area contributed by atoms with Gasteiger partial charge in [0.2, 0.25) is 5.28 Å². The van der Waals surface area contributed by atoms with Crippen molar-refractivity contribution >= 4 is 22.6 Å². The summed E-state index contributed by atoms with van der Waals surface area (Å²) >= 11 is 5.84. The molecule has 0 fully saturated rings. The molecule has 3 nitrogen and oxygen atoms in total. The van der Waals surface area contributed by atoms with Crippen molar-refractivity contribution in [2.75, 3.05) is 0 Å². The van der Waals surface area contributed by atoms with E-state index in [1.54, 1.807) is 6.20 Å². The Kier molecular flexibility index (Phi) is 2.48. The maximum absolute atomic E-state index is 5.84. The average Bonchev–Trinajstić information content (AvgIpc) is 2.93. The number of nitrogens with zero attached hydrogens (tertiary/aromatic N) is 3. The predicted octanol–water partition coefficient (Wildman–Crippen LogP) is 3.53. The number of hydrogen-bond acceptors (Lipinski definition) is 2. The first-order valence-corrected chi connectivity index (χ1v) is 5.98. The van der Waals surface area contributed by atoms with E-state index in [1.165, 1.54) is 5.57 Å². The van der Waals surface area contributed by atoms with Gasteiger partial charge in [-0.25, -0.2) is 4.98 Å². The van der Waals surface area contributed by atoms with E-state index in [2.05, 4.69) is 27.2 Å². The SMILES string of the molecule is C=CC1=CC(n2ccc3cnc(Cl)nc32)CC1. The summed E-state index contributed by atoms with van der Waals surface area (Å²) in [7, 11) is 0. The van der Waals surface area contributed by atoms with E-state index in [4.69, 9.17) is 11.6 Å². The highest BCUT2D eigenvalue weighted by molar-refractivity contribution is 6.28.